The average Bonchev–Trinajstić information content (AvgIpc) is 2.85. The molecule has 0 unspecified atom stereocenters. The maximum Gasteiger partial charge on any atom is 0.210 e. The smallest absolute Gasteiger partial charge is 0.210 e. The molecule has 0 aliphatic carbocycles. The molecule has 1 aromatic carbocycles. The number of rotatable bonds is 6. The molecule has 2 aromatic rings. The monoisotopic (exact) mass is 338 g/mol. The maximum atomic E-state index is 11.9. The molecule has 1 aromatic heterocycles. The summed E-state index contributed by atoms with van der Waals surface area (Å²) in [4.78, 5) is 12.6. The summed E-state index contributed by atoms with van der Waals surface area (Å²) >= 11 is 4.77. The van der Waals surface area contributed by atoms with E-state index in [2.05, 4.69) is 22.9 Å². The zero-order chi connectivity index (χ0) is 13.7. The Bertz CT molecular complexity index is 546. The third-order valence-electron chi connectivity index (χ3n) is 2.68. The first-order chi connectivity index (χ1) is 9.19. The van der Waals surface area contributed by atoms with E-state index in [1.165, 1.54) is 16.9 Å². The number of carbonyl (C=O) groups excluding carboxylic acids is 1. The lowest BCUT2D eigenvalue weighted by atomic mass is 10.1. The molecular formula is C15H15BrO2S. The van der Waals surface area contributed by atoms with Crippen LogP contribution in [0.15, 0.2) is 40.2 Å². The molecule has 0 N–H and O–H groups in total. The van der Waals surface area contributed by atoms with E-state index in [9.17, 15) is 4.79 Å². The molecule has 2 nitrogen and oxygen atoms in total. The highest BCUT2D eigenvalue weighted by Gasteiger charge is 2.09. The van der Waals surface area contributed by atoms with Crippen molar-refractivity contribution in [1.82, 2.24) is 0 Å². The molecule has 4 heteroatoms. The lowest BCUT2D eigenvalue weighted by molar-refractivity contribution is 0.0925. The Kier molecular flexibility index (Phi) is 5.16. The van der Waals surface area contributed by atoms with Gasteiger partial charge in [0, 0.05) is 0 Å². The summed E-state index contributed by atoms with van der Waals surface area (Å²) < 4.78 is 6.46. The molecular weight excluding hydrogens is 324 g/mol. The molecule has 0 fully saturated rings. The molecule has 0 saturated heterocycles. The quantitative estimate of drug-likeness (QED) is 0.712. The van der Waals surface area contributed by atoms with Crippen LogP contribution in [0.5, 0.6) is 5.75 Å². The van der Waals surface area contributed by atoms with Crippen LogP contribution >= 0.6 is 27.3 Å². The summed E-state index contributed by atoms with van der Waals surface area (Å²) in [6.07, 6.45) is 2.20. The Hall–Kier alpha value is -1.13. The third kappa shape index (κ3) is 4.18. The number of aryl methyl sites for hydroxylation is 1. The number of hydrogen-bond acceptors (Lipinski definition) is 3. The van der Waals surface area contributed by atoms with Crippen molar-refractivity contribution in [2.45, 2.75) is 19.8 Å². The van der Waals surface area contributed by atoms with Crippen molar-refractivity contribution < 1.29 is 9.53 Å². The van der Waals surface area contributed by atoms with Crippen LogP contribution in [0.1, 0.15) is 28.6 Å². The third-order valence-corrected chi connectivity index (χ3v) is 4.34. The molecule has 0 aliphatic heterocycles. The molecule has 100 valence electrons. The number of carbonyl (C=O) groups is 1. The molecule has 19 heavy (non-hydrogen) atoms. The van der Waals surface area contributed by atoms with Gasteiger partial charge in [0.1, 0.15) is 5.75 Å². The van der Waals surface area contributed by atoms with Crippen LogP contribution in [0.2, 0.25) is 0 Å². The number of ketones is 1. The summed E-state index contributed by atoms with van der Waals surface area (Å²) in [6.45, 7) is 2.24. The van der Waals surface area contributed by atoms with Crippen molar-refractivity contribution in [2.24, 2.45) is 0 Å². The minimum atomic E-state index is 0.00772. The second-order valence-electron chi connectivity index (χ2n) is 4.21. The molecule has 0 saturated carbocycles. The van der Waals surface area contributed by atoms with Gasteiger partial charge in [0.25, 0.3) is 0 Å². The van der Waals surface area contributed by atoms with Gasteiger partial charge in [-0.05, 0) is 52.2 Å². The van der Waals surface area contributed by atoms with E-state index in [1.807, 2.05) is 36.4 Å². The van der Waals surface area contributed by atoms with E-state index in [0.717, 1.165) is 27.3 Å². The lowest BCUT2D eigenvalue weighted by Crippen LogP contribution is -2.09. The van der Waals surface area contributed by atoms with Crippen molar-refractivity contribution in [2.75, 3.05) is 6.61 Å². The van der Waals surface area contributed by atoms with Gasteiger partial charge in [-0.1, -0.05) is 25.5 Å². The van der Waals surface area contributed by atoms with E-state index < -0.39 is 0 Å². The molecule has 0 spiro atoms. The van der Waals surface area contributed by atoms with Gasteiger partial charge in [0.15, 0.2) is 6.61 Å². The van der Waals surface area contributed by atoms with Gasteiger partial charge in [-0.15, -0.1) is 11.3 Å². The summed E-state index contributed by atoms with van der Waals surface area (Å²) in [5.74, 6) is 0.747. The molecule has 0 amide bonds. The van der Waals surface area contributed by atoms with Gasteiger partial charge in [-0.25, -0.2) is 0 Å². The lowest BCUT2D eigenvalue weighted by Gasteiger charge is -2.05. The predicted octanol–water partition coefficient (Wildman–Crippen LogP) is 4.72. The van der Waals surface area contributed by atoms with Crippen LogP contribution < -0.4 is 4.74 Å². The highest BCUT2D eigenvalue weighted by atomic mass is 79.9. The summed E-state index contributed by atoms with van der Waals surface area (Å²) in [5.41, 5.74) is 1.29. The predicted molar refractivity (Wildman–Crippen MR) is 82.3 cm³/mol. The molecule has 0 radical (unpaired) electrons. The number of benzene rings is 1. The van der Waals surface area contributed by atoms with Gasteiger partial charge in [0.2, 0.25) is 5.78 Å². The van der Waals surface area contributed by atoms with E-state index in [0.29, 0.717) is 0 Å². The minimum absolute atomic E-state index is 0.00772. The van der Waals surface area contributed by atoms with E-state index in [-0.39, 0.29) is 12.4 Å². The van der Waals surface area contributed by atoms with Crippen molar-refractivity contribution in [1.29, 1.82) is 0 Å². The molecule has 1 heterocycles. The Morgan fingerprint density at radius 3 is 2.53 bits per heavy atom. The first-order valence-electron chi connectivity index (χ1n) is 6.19. The number of ether oxygens (including phenoxy) is 1. The maximum absolute atomic E-state index is 11.9. The number of hydrogen-bond donors (Lipinski definition) is 0. The SMILES string of the molecule is CCCc1ccc(OCC(=O)c2ccc(Br)s2)cc1. The fourth-order valence-electron chi connectivity index (χ4n) is 1.73. The highest BCUT2D eigenvalue weighted by molar-refractivity contribution is 9.11. The number of Topliss-reactive ketones (excluding diaryl/α,β-unsaturated/α-hetero) is 1. The standard InChI is InChI=1S/C15H15BrO2S/c1-2-3-11-4-6-12(7-5-11)18-10-13(17)14-8-9-15(16)19-14/h4-9H,2-3,10H2,1H3. The molecule has 0 bridgehead atoms. The topological polar surface area (TPSA) is 26.3 Å². The Morgan fingerprint density at radius 1 is 1.21 bits per heavy atom. The summed E-state index contributed by atoms with van der Waals surface area (Å²) in [7, 11) is 0. The Morgan fingerprint density at radius 2 is 1.95 bits per heavy atom. The molecule has 2 rings (SSSR count). The van der Waals surface area contributed by atoms with Crippen molar-refractivity contribution >= 4 is 33.0 Å². The van der Waals surface area contributed by atoms with Crippen LogP contribution in [0, 0.1) is 0 Å². The zero-order valence-corrected chi connectivity index (χ0v) is 13.1. The van der Waals surface area contributed by atoms with Gasteiger partial charge in [-0.3, -0.25) is 4.79 Å². The largest absolute Gasteiger partial charge is 0.485 e. The first kappa shape index (κ1) is 14.3. The second kappa shape index (κ2) is 6.87. The van der Waals surface area contributed by atoms with Crippen LogP contribution in [0.4, 0.5) is 0 Å². The van der Waals surface area contributed by atoms with E-state index in [1.54, 1.807) is 0 Å². The fraction of sp³-hybridized carbons (Fsp3) is 0.267. The highest BCUT2D eigenvalue weighted by Crippen LogP contribution is 2.22. The second-order valence-corrected chi connectivity index (χ2v) is 6.67. The van der Waals surface area contributed by atoms with E-state index in [4.69, 9.17) is 4.74 Å². The number of thiophene rings is 1. The van der Waals surface area contributed by atoms with Crippen molar-refractivity contribution in [3.05, 3.63) is 50.6 Å². The Balaban J connectivity index is 1.89. The minimum Gasteiger partial charge on any atom is -0.485 e. The first-order valence-corrected chi connectivity index (χ1v) is 7.80. The van der Waals surface area contributed by atoms with Crippen LogP contribution in [0.25, 0.3) is 0 Å². The van der Waals surface area contributed by atoms with Crippen LogP contribution in [-0.4, -0.2) is 12.4 Å². The van der Waals surface area contributed by atoms with Gasteiger partial charge in [0.05, 0.1) is 8.66 Å². The van der Waals surface area contributed by atoms with Crippen molar-refractivity contribution in [3.63, 3.8) is 0 Å². The Labute approximate surface area is 125 Å². The fourth-order valence-corrected chi connectivity index (χ4v) is 3.04. The van der Waals surface area contributed by atoms with Crippen LogP contribution in [0.3, 0.4) is 0 Å². The number of halogens is 1. The summed E-state index contributed by atoms with van der Waals surface area (Å²) in [5, 5.41) is 0. The average molecular weight is 339 g/mol. The van der Waals surface area contributed by atoms with Gasteiger partial charge in [-0.2, -0.15) is 0 Å². The zero-order valence-electron chi connectivity index (χ0n) is 10.7. The van der Waals surface area contributed by atoms with Gasteiger partial charge < -0.3 is 4.74 Å². The normalized spacial score (nSPS) is 10.4. The molecule has 0 atom stereocenters. The van der Waals surface area contributed by atoms with Crippen LogP contribution in [-0.2, 0) is 6.42 Å². The summed E-state index contributed by atoms with van der Waals surface area (Å²) in [6, 6.07) is 11.6. The molecule has 0 aliphatic rings. The van der Waals surface area contributed by atoms with Gasteiger partial charge >= 0.3 is 0 Å². The van der Waals surface area contributed by atoms with Crippen molar-refractivity contribution in [3.8, 4) is 5.75 Å². The van der Waals surface area contributed by atoms with E-state index >= 15 is 0 Å².